The van der Waals surface area contributed by atoms with Gasteiger partial charge in [-0.05, 0) is 55.8 Å². The van der Waals surface area contributed by atoms with Gasteiger partial charge >= 0.3 is 0 Å². The molecule has 0 N–H and O–H groups in total. The van der Waals surface area contributed by atoms with E-state index in [2.05, 4.69) is 10.1 Å². The second kappa shape index (κ2) is 5.61. The fourth-order valence-corrected chi connectivity index (χ4v) is 2.73. The third-order valence-electron chi connectivity index (χ3n) is 3.82. The highest BCUT2D eigenvalue weighted by molar-refractivity contribution is 6.01. The zero-order valence-electron chi connectivity index (χ0n) is 11.3. The summed E-state index contributed by atoms with van der Waals surface area (Å²) in [4.78, 5) is 8.02. The predicted octanol–water partition coefficient (Wildman–Crippen LogP) is 2.28. The Hall–Kier alpha value is -1.55. The SMILES string of the molecule is COc1ccc(C2=NOC(CN3CCCC3)C2)cc1. The number of oxime groups is 1. The van der Waals surface area contributed by atoms with Crippen LogP contribution in [0.25, 0.3) is 0 Å². The van der Waals surface area contributed by atoms with Crippen molar-refractivity contribution in [1.29, 1.82) is 0 Å². The lowest BCUT2D eigenvalue weighted by molar-refractivity contribution is 0.0589. The molecule has 102 valence electrons. The standard InChI is InChI=1S/C15H20N2O2/c1-18-13-6-4-12(5-7-13)15-10-14(19-16-15)11-17-8-2-3-9-17/h4-7,14H,2-3,8-11H2,1H3. The van der Waals surface area contributed by atoms with Crippen LogP contribution in [-0.4, -0.2) is 43.5 Å². The summed E-state index contributed by atoms with van der Waals surface area (Å²) in [6.07, 6.45) is 3.76. The highest BCUT2D eigenvalue weighted by Gasteiger charge is 2.25. The Kier molecular flexibility index (Phi) is 3.69. The Morgan fingerprint density at radius 2 is 2.00 bits per heavy atom. The summed E-state index contributed by atoms with van der Waals surface area (Å²) in [6, 6.07) is 8.01. The lowest BCUT2D eigenvalue weighted by atomic mass is 10.0. The summed E-state index contributed by atoms with van der Waals surface area (Å²) in [5, 5.41) is 4.23. The second-order valence-corrected chi connectivity index (χ2v) is 5.21. The molecule has 0 radical (unpaired) electrons. The summed E-state index contributed by atoms with van der Waals surface area (Å²) in [7, 11) is 1.68. The van der Waals surface area contributed by atoms with E-state index in [1.165, 1.54) is 25.9 Å². The predicted molar refractivity (Wildman–Crippen MR) is 74.7 cm³/mol. The maximum absolute atomic E-state index is 5.55. The molecule has 4 nitrogen and oxygen atoms in total. The van der Waals surface area contributed by atoms with Crippen LogP contribution in [0.3, 0.4) is 0 Å². The van der Waals surface area contributed by atoms with Crippen LogP contribution in [0, 0.1) is 0 Å². The maximum atomic E-state index is 5.55. The molecule has 0 aliphatic carbocycles. The number of methoxy groups -OCH3 is 1. The van der Waals surface area contributed by atoms with E-state index in [4.69, 9.17) is 9.57 Å². The maximum Gasteiger partial charge on any atom is 0.145 e. The van der Waals surface area contributed by atoms with E-state index < -0.39 is 0 Å². The molecular weight excluding hydrogens is 240 g/mol. The van der Waals surface area contributed by atoms with Crippen molar-refractivity contribution in [2.45, 2.75) is 25.4 Å². The van der Waals surface area contributed by atoms with Gasteiger partial charge in [-0.25, -0.2) is 0 Å². The highest BCUT2D eigenvalue weighted by atomic mass is 16.6. The summed E-state index contributed by atoms with van der Waals surface area (Å²) in [5.74, 6) is 0.872. The van der Waals surface area contributed by atoms with Crippen LogP contribution < -0.4 is 4.74 Å². The summed E-state index contributed by atoms with van der Waals surface area (Å²) in [6.45, 7) is 3.42. The topological polar surface area (TPSA) is 34.1 Å². The Balaban J connectivity index is 1.57. The minimum atomic E-state index is 0.218. The quantitative estimate of drug-likeness (QED) is 0.833. The molecule has 1 fully saturated rings. The number of hydrogen-bond donors (Lipinski definition) is 0. The molecule has 0 saturated carbocycles. The van der Waals surface area contributed by atoms with E-state index in [0.29, 0.717) is 0 Å². The zero-order valence-corrected chi connectivity index (χ0v) is 11.3. The van der Waals surface area contributed by atoms with Gasteiger partial charge < -0.3 is 9.57 Å². The van der Waals surface area contributed by atoms with Crippen LogP contribution in [0.5, 0.6) is 5.75 Å². The Labute approximate surface area is 114 Å². The van der Waals surface area contributed by atoms with Crippen LogP contribution in [0.2, 0.25) is 0 Å². The van der Waals surface area contributed by atoms with Crippen LogP contribution in [0.15, 0.2) is 29.4 Å². The van der Waals surface area contributed by atoms with E-state index >= 15 is 0 Å². The van der Waals surface area contributed by atoms with Crippen molar-refractivity contribution in [1.82, 2.24) is 4.90 Å². The third kappa shape index (κ3) is 2.89. The molecule has 0 bridgehead atoms. The average Bonchev–Trinajstić information content (AvgIpc) is 3.11. The monoisotopic (exact) mass is 260 g/mol. The molecule has 1 atom stereocenters. The van der Waals surface area contributed by atoms with Gasteiger partial charge in [-0.2, -0.15) is 0 Å². The summed E-state index contributed by atoms with van der Waals surface area (Å²) in [5.41, 5.74) is 2.18. The molecule has 1 unspecified atom stereocenters. The molecule has 0 aromatic heterocycles. The smallest absolute Gasteiger partial charge is 0.145 e. The van der Waals surface area contributed by atoms with Crippen molar-refractivity contribution in [3.05, 3.63) is 29.8 Å². The average molecular weight is 260 g/mol. The number of nitrogens with zero attached hydrogens (tertiary/aromatic N) is 2. The Morgan fingerprint density at radius 1 is 1.26 bits per heavy atom. The van der Waals surface area contributed by atoms with Gasteiger partial charge in [0.25, 0.3) is 0 Å². The highest BCUT2D eigenvalue weighted by Crippen LogP contribution is 2.21. The fraction of sp³-hybridized carbons (Fsp3) is 0.533. The lowest BCUT2D eigenvalue weighted by Gasteiger charge is -2.17. The molecule has 19 heavy (non-hydrogen) atoms. The molecule has 2 aliphatic rings. The number of benzene rings is 1. The molecule has 0 spiro atoms. The largest absolute Gasteiger partial charge is 0.497 e. The number of rotatable bonds is 4. The van der Waals surface area contributed by atoms with Gasteiger partial charge in [-0.1, -0.05) is 5.16 Å². The van der Waals surface area contributed by atoms with Crippen molar-refractivity contribution in [2.75, 3.05) is 26.7 Å². The van der Waals surface area contributed by atoms with E-state index in [1.54, 1.807) is 7.11 Å². The van der Waals surface area contributed by atoms with Gasteiger partial charge in [0.05, 0.1) is 12.8 Å². The molecule has 1 aromatic rings. The Bertz CT molecular complexity index is 450. The van der Waals surface area contributed by atoms with Gasteiger partial charge in [-0.3, -0.25) is 4.90 Å². The van der Waals surface area contributed by atoms with Crippen molar-refractivity contribution in [2.24, 2.45) is 5.16 Å². The molecule has 0 amide bonds. The van der Waals surface area contributed by atoms with Gasteiger partial charge in [0.2, 0.25) is 0 Å². The zero-order chi connectivity index (χ0) is 13.1. The van der Waals surface area contributed by atoms with E-state index in [-0.39, 0.29) is 6.10 Å². The molecule has 1 saturated heterocycles. The normalized spacial score (nSPS) is 23.2. The third-order valence-corrected chi connectivity index (χ3v) is 3.82. The molecular formula is C15H20N2O2. The minimum absolute atomic E-state index is 0.218. The second-order valence-electron chi connectivity index (χ2n) is 5.21. The number of hydrogen-bond acceptors (Lipinski definition) is 4. The van der Waals surface area contributed by atoms with Crippen molar-refractivity contribution >= 4 is 5.71 Å². The van der Waals surface area contributed by atoms with Crippen molar-refractivity contribution in [3.8, 4) is 5.75 Å². The van der Waals surface area contributed by atoms with E-state index in [9.17, 15) is 0 Å². The van der Waals surface area contributed by atoms with Gasteiger partial charge in [-0.15, -0.1) is 0 Å². The molecule has 2 heterocycles. The van der Waals surface area contributed by atoms with Crippen molar-refractivity contribution in [3.63, 3.8) is 0 Å². The van der Waals surface area contributed by atoms with Crippen LogP contribution in [0.1, 0.15) is 24.8 Å². The van der Waals surface area contributed by atoms with E-state index in [1.807, 2.05) is 24.3 Å². The minimum Gasteiger partial charge on any atom is -0.497 e. The van der Waals surface area contributed by atoms with Gasteiger partial charge in [0.15, 0.2) is 0 Å². The lowest BCUT2D eigenvalue weighted by Crippen LogP contribution is -2.30. The van der Waals surface area contributed by atoms with Crippen molar-refractivity contribution < 1.29 is 9.57 Å². The fourth-order valence-electron chi connectivity index (χ4n) is 2.73. The molecule has 2 aliphatic heterocycles. The molecule has 3 rings (SSSR count). The van der Waals surface area contributed by atoms with Gasteiger partial charge in [0, 0.05) is 13.0 Å². The first-order chi connectivity index (χ1) is 9.35. The first kappa shape index (κ1) is 12.5. The van der Waals surface area contributed by atoms with E-state index in [0.717, 1.165) is 30.0 Å². The van der Waals surface area contributed by atoms with Crippen LogP contribution >= 0.6 is 0 Å². The molecule has 1 aromatic carbocycles. The Morgan fingerprint density at radius 3 is 2.68 bits per heavy atom. The number of likely N-dealkylation sites (tertiary alicyclic amines) is 1. The van der Waals surface area contributed by atoms with Crippen LogP contribution in [-0.2, 0) is 4.84 Å². The first-order valence-electron chi connectivity index (χ1n) is 6.94. The first-order valence-corrected chi connectivity index (χ1v) is 6.94. The molecule has 4 heteroatoms. The summed E-state index contributed by atoms with van der Waals surface area (Å²) < 4.78 is 5.16. The summed E-state index contributed by atoms with van der Waals surface area (Å²) >= 11 is 0. The number of ether oxygens (including phenoxy) is 1. The van der Waals surface area contributed by atoms with Crippen LogP contribution in [0.4, 0.5) is 0 Å². The van der Waals surface area contributed by atoms with Gasteiger partial charge in [0.1, 0.15) is 11.9 Å².